The highest BCUT2D eigenvalue weighted by Gasteiger charge is 2.19. The molecule has 0 fully saturated rings. The van der Waals surface area contributed by atoms with Crippen LogP contribution >= 0.6 is 0 Å². The molecule has 0 aromatic heterocycles. The molecule has 0 aliphatic carbocycles. The van der Waals surface area contributed by atoms with Crippen molar-refractivity contribution >= 4 is 11.9 Å². The van der Waals surface area contributed by atoms with E-state index in [0.717, 1.165) is 5.56 Å². The number of esters is 1. The number of benzene rings is 1. The zero-order chi connectivity index (χ0) is 15.1. The molecule has 2 unspecified atom stereocenters. The molecule has 1 aromatic rings. The van der Waals surface area contributed by atoms with Crippen LogP contribution in [-0.4, -0.2) is 34.4 Å². The summed E-state index contributed by atoms with van der Waals surface area (Å²) in [4.78, 5) is 22.5. The fourth-order valence-electron chi connectivity index (χ4n) is 1.55. The molecule has 0 aliphatic rings. The average Bonchev–Trinajstić information content (AvgIpc) is 2.38. The summed E-state index contributed by atoms with van der Waals surface area (Å²) in [5.74, 6) is -1.63. The predicted molar refractivity (Wildman–Crippen MR) is 73.1 cm³/mol. The van der Waals surface area contributed by atoms with Crippen LogP contribution in [0.1, 0.15) is 19.4 Å². The van der Waals surface area contributed by atoms with E-state index in [4.69, 9.17) is 9.84 Å². The van der Waals surface area contributed by atoms with Gasteiger partial charge in [-0.25, -0.2) is 4.79 Å². The molecular formula is C15H18O5. The van der Waals surface area contributed by atoms with Gasteiger partial charge in [-0.3, -0.25) is 4.79 Å². The van der Waals surface area contributed by atoms with E-state index in [9.17, 15) is 14.7 Å². The molecule has 1 aromatic carbocycles. The largest absolute Gasteiger partial charge is 0.478 e. The van der Waals surface area contributed by atoms with Crippen LogP contribution in [0.4, 0.5) is 0 Å². The third-order valence-electron chi connectivity index (χ3n) is 2.69. The van der Waals surface area contributed by atoms with Crippen molar-refractivity contribution < 1.29 is 24.5 Å². The first-order valence-electron chi connectivity index (χ1n) is 6.23. The fraction of sp³-hybridized carbons (Fsp3) is 0.333. The number of rotatable bonds is 6. The van der Waals surface area contributed by atoms with Gasteiger partial charge < -0.3 is 14.9 Å². The Morgan fingerprint density at radius 3 is 2.40 bits per heavy atom. The number of aliphatic hydroxyl groups excluding tert-OH is 1. The van der Waals surface area contributed by atoms with Gasteiger partial charge in [-0.1, -0.05) is 30.3 Å². The summed E-state index contributed by atoms with van der Waals surface area (Å²) in [5, 5.41) is 18.3. The zero-order valence-electron chi connectivity index (χ0n) is 11.4. The lowest BCUT2D eigenvalue weighted by Crippen LogP contribution is -2.28. The topological polar surface area (TPSA) is 83.8 Å². The lowest BCUT2D eigenvalue weighted by atomic mass is 10.1. The Bertz CT molecular complexity index is 490. The number of aliphatic carboxylic acids is 1. The molecule has 0 heterocycles. The molecule has 0 spiro atoms. The van der Waals surface area contributed by atoms with E-state index in [-0.39, 0.29) is 12.0 Å². The van der Waals surface area contributed by atoms with Crippen LogP contribution in [0.5, 0.6) is 0 Å². The van der Waals surface area contributed by atoms with E-state index in [1.165, 1.54) is 19.9 Å². The van der Waals surface area contributed by atoms with Gasteiger partial charge in [0.1, 0.15) is 6.10 Å². The fourth-order valence-corrected chi connectivity index (χ4v) is 1.55. The van der Waals surface area contributed by atoms with Gasteiger partial charge in [-0.05, 0) is 25.5 Å². The maximum Gasteiger partial charge on any atom is 0.331 e. The van der Waals surface area contributed by atoms with Crippen LogP contribution in [0, 0.1) is 0 Å². The Kier molecular flexibility index (Phi) is 5.93. The van der Waals surface area contributed by atoms with E-state index in [1.54, 1.807) is 12.1 Å². The summed E-state index contributed by atoms with van der Waals surface area (Å²) < 4.78 is 5.11. The lowest BCUT2D eigenvalue weighted by molar-refractivity contribution is -0.150. The molecule has 0 radical (unpaired) electrons. The predicted octanol–water partition coefficient (Wildman–Crippen LogP) is 1.55. The molecule has 5 heteroatoms. The summed E-state index contributed by atoms with van der Waals surface area (Å²) in [6, 6.07) is 9.03. The van der Waals surface area contributed by atoms with Crippen molar-refractivity contribution in [3.05, 3.63) is 47.5 Å². The second-order valence-electron chi connectivity index (χ2n) is 4.51. The summed E-state index contributed by atoms with van der Waals surface area (Å²) >= 11 is 0. The number of carbonyl (C=O) groups is 2. The molecule has 0 saturated heterocycles. The Morgan fingerprint density at radius 1 is 1.30 bits per heavy atom. The van der Waals surface area contributed by atoms with Crippen molar-refractivity contribution in [1.29, 1.82) is 0 Å². The zero-order valence-corrected chi connectivity index (χ0v) is 11.4. The third-order valence-corrected chi connectivity index (χ3v) is 2.69. The first kappa shape index (κ1) is 15.9. The van der Waals surface area contributed by atoms with Crippen LogP contribution < -0.4 is 0 Å². The van der Waals surface area contributed by atoms with Gasteiger partial charge in [0.2, 0.25) is 0 Å². The normalized spacial score (nSPS) is 14.4. The minimum absolute atomic E-state index is 0.0170. The molecule has 0 aliphatic heterocycles. The molecule has 20 heavy (non-hydrogen) atoms. The minimum Gasteiger partial charge on any atom is -0.478 e. The van der Waals surface area contributed by atoms with Gasteiger partial charge in [0.15, 0.2) is 0 Å². The van der Waals surface area contributed by atoms with Crippen LogP contribution in [-0.2, 0) is 20.7 Å². The average molecular weight is 278 g/mol. The Hall–Kier alpha value is -2.14. The van der Waals surface area contributed by atoms with E-state index in [1.807, 2.05) is 18.2 Å². The Balaban J connectivity index is 2.69. The van der Waals surface area contributed by atoms with Gasteiger partial charge in [-0.2, -0.15) is 0 Å². The van der Waals surface area contributed by atoms with E-state index in [2.05, 4.69) is 0 Å². The highest BCUT2D eigenvalue weighted by Crippen LogP contribution is 2.09. The van der Waals surface area contributed by atoms with Crippen LogP contribution in [0.15, 0.2) is 42.0 Å². The van der Waals surface area contributed by atoms with E-state index in [0.29, 0.717) is 0 Å². The Labute approximate surface area is 117 Å². The van der Waals surface area contributed by atoms with Crippen LogP contribution in [0.3, 0.4) is 0 Å². The van der Waals surface area contributed by atoms with Gasteiger partial charge >= 0.3 is 11.9 Å². The quantitative estimate of drug-likeness (QED) is 0.609. The maximum atomic E-state index is 11.8. The monoisotopic (exact) mass is 278 g/mol. The van der Waals surface area contributed by atoms with Crippen molar-refractivity contribution in [3.8, 4) is 0 Å². The highest BCUT2D eigenvalue weighted by molar-refractivity contribution is 5.86. The maximum absolute atomic E-state index is 11.8. The van der Waals surface area contributed by atoms with Gasteiger partial charge in [0.25, 0.3) is 0 Å². The molecule has 0 amide bonds. The summed E-state index contributed by atoms with van der Waals surface area (Å²) in [7, 11) is 0. The second kappa shape index (κ2) is 7.45. The summed E-state index contributed by atoms with van der Waals surface area (Å²) in [6.07, 6.45) is -0.647. The number of carbonyl (C=O) groups excluding carboxylic acids is 1. The minimum atomic E-state index is -1.12. The van der Waals surface area contributed by atoms with E-state index >= 15 is 0 Å². The van der Waals surface area contributed by atoms with Crippen molar-refractivity contribution in [2.75, 3.05) is 0 Å². The van der Waals surface area contributed by atoms with Crippen molar-refractivity contribution in [2.45, 2.75) is 32.5 Å². The SMILES string of the molecule is C/C(=C\C(OC(=O)Cc1ccccc1)C(C)O)C(=O)O. The molecule has 0 saturated carbocycles. The molecule has 2 atom stereocenters. The third kappa shape index (κ3) is 5.24. The van der Waals surface area contributed by atoms with Crippen molar-refractivity contribution in [1.82, 2.24) is 0 Å². The van der Waals surface area contributed by atoms with Gasteiger partial charge in [0.05, 0.1) is 12.5 Å². The number of carboxylic acid groups (broad SMARTS) is 1. The van der Waals surface area contributed by atoms with Crippen molar-refractivity contribution in [3.63, 3.8) is 0 Å². The van der Waals surface area contributed by atoms with E-state index < -0.39 is 24.1 Å². The van der Waals surface area contributed by atoms with Gasteiger partial charge in [-0.15, -0.1) is 0 Å². The first-order valence-corrected chi connectivity index (χ1v) is 6.23. The standard InChI is InChI=1S/C15H18O5/c1-10(15(18)19)8-13(11(2)16)20-14(17)9-12-6-4-3-5-7-12/h3-8,11,13,16H,9H2,1-2H3,(H,18,19)/b10-8+. The molecule has 0 bridgehead atoms. The smallest absolute Gasteiger partial charge is 0.331 e. The number of hydrogen-bond acceptors (Lipinski definition) is 4. The second-order valence-corrected chi connectivity index (χ2v) is 4.51. The summed E-state index contributed by atoms with van der Waals surface area (Å²) in [6.45, 7) is 2.81. The number of ether oxygens (including phenoxy) is 1. The molecule has 108 valence electrons. The van der Waals surface area contributed by atoms with Gasteiger partial charge in [0, 0.05) is 5.57 Å². The number of hydrogen-bond donors (Lipinski definition) is 2. The number of carboxylic acids is 1. The van der Waals surface area contributed by atoms with Crippen LogP contribution in [0.2, 0.25) is 0 Å². The van der Waals surface area contributed by atoms with Crippen molar-refractivity contribution in [2.24, 2.45) is 0 Å². The number of aliphatic hydroxyl groups is 1. The summed E-state index contributed by atoms with van der Waals surface area (Å²) in [5.41, 5.74) is 0.809. The molecular weight excluding hydrogens is 260 g/mol. The Morgan fingerprint density at radius 2 is 1.90 bits per heavy atom. The van der Waals surface area contributed by atoms with Crippen LogP contribution in [0.25, 0.3) is 0 Å². The lowest BCUT2D eigenvalue weighted by Gasteiger charge is -2.17. The first-order chi connectivity index (χ1) is 9.40. The molecule has 1 rings (SSSR count). The molecule has 2 N–H and O–H groups in total. The molecule has 5 nitrogen and oxygen atoms in total. The highest BCUT2D eigenvalue weighted by atomic mass is 16.6.